The summed E-state index contributed by atoms with van der Waals surface area (Å²) in [4.78, 5) is 12.5. The summed E-state index contributed by atoms with van der Waals surface area (Å²) in [7, 11) is 0. The van der Waals surface area contributed by atoms with Gasteiger partial charge < -0.3 is 30.3 Å². The number of ether oxygens (including phenoxy) is 1. The number of rotatable bonds is 5. The molecular weight excluding hydrogens is 472 g/mol. The molecule has 0 unspecified atom stereocenters. The van der Waals surface area contributed by atoms with Gasteiger partial charge in [0.2, 0.25) is 0 Å². The standard InChI is InChI=1S/C30H52O7/c1-7-24(31)13-11-14-26-22(4)17-20(2)16-21(3)18-23(5)29(35)30(6,36)27(33)19-25(32)12-9-8-10-15-28(34)37-26/h8-10,15-16,20,22-27,29,31-33,35-36H,7,11-14,17-19H2,1-6H3/b9-8-,15-10-,21-16-/t20-,22+,23+,24-,25-,26-,27+,29+,30-/m0/s1. The molecule has 0 fully saturated rings. The van der Waals surface area contributed by atoms with E-state index < -0.39 is 29.9 Å². The number of hydrogen-bond donors (Lipinski definition) is 5. The Labute approximate surface area is 223 Å². The number of carbonyl (C=O) groups is 1. The third kappa shape index (κ3) is 12.3. The number of aliphatic hydroxyl groups excluding tert-OH is 4. The maximum absolute atomic E-state index is 12.5. The molecule has 0 amide bonds. The summed E-state index contributed by atoms with van der Waals surface area (Å²) in [6.45, 7) is 11.4. The minimum absolute atomic E-state index is 0.0922. The van der Waals surface area contributed by atoms with E-state index in [1.54, 1.807) is 18.2 Å². The van der Waals surface area contributed by atoms with E-state index in [9.17, 15) is 30.3 Å². The zero-order valence-electron chi connectivity index (χ0n) is 23.7. The molecule has 0 saturated carbocycles. The lowest BCUT2D eigenvalue weighted by Crippen LogP contribution is -2.53. The highest BCUT2D eigenvalue weighted by Gasteiger charge is 2.41. The van der Waals surface area contributed by atoms with Crippen molar-refractivity contribution in [3.8, 4) is 0 Å². The van der Waals surface area contributed by atoms with E-state index in [1.165, 1.54) is 13.0 Å². The smallest absolute Gasteiger partial charge is 0.331 e. The molecule has 214 valence electrons. The van der Waals surface area contributed by atoms with Crippen LogP contribution in [-0.2, 0) is 9.53 Å². The lowest BCUT2D eigenvalue weighted by molar-refractivity contribution is -0.157. The van der Waals surface area contributed by atoms with Gasteiger partial charge >= 0.3 is 5.97 Å². The molecule has 1 aliphatic rings. The average molecular weight is 525 g/mol. The van der Waals surface area contributed by atoms with Crippen molar-refractivity contribution in [3.05, 3.63) is 36.0 Å². The second-order valence-corrected chi connectivity index (χ2v) is 11.5. The van der Waals surface area contributed by atoms with Crippen LogP contribution in [0.25, 0.3) is 0 Å². The molecule has 9 atom stereocenters. The van der Waals surface area contributed by atoms with Crippen LogP contribution >= 0.6 is 0 Å². The molecule has 7 nitrogen and oxygen atoms in total. The first-order valence-electron chi connectivity index (χ1n) is 13.9. The third-order valence-corrected chi connectivity index (χ3v) is 7.55. The Morgan fingerprint density at radius 2 is 1.78 bits per heavy atom. The normalized spacial score (nSPS) is 39.6. The van der Waals surface area contributed by atoms with Gasteiger partial charge in [-0.15, -0.1) is 0 Å². The van der Waals surface area contributed by atoms with Crippen LogP contribution in [0.1, 0.15) is 92.9 Å². The van der Waals surface area contributed by atoms with Gasteiger partial charge in [-0.05, 0) is 76.5 Å². The van der Waals surface area contributed by atoms with E-state index in [0.717, 1.165) is 18.4 Å². The predicted octanol–water partition coefficient (Wildman–Crippen LogP) is 4.21. The molecule has 0 spiro atoms. The maximum Gasteiger partial charge on any atom is 0.331 e. The van der Waals surface area contributed by atoms with Gasteiger partial charge in [0.15, 0.2) is 0 Å². The van der Waals surface area contributed by atoms with Crippen molar-refractivity contribution in [1.29, 1.82) is 0 Å². The van der Waals surface area contributed by atoms with Gasteiger partial charge in [0.05, 0.1) is 24.4 Å². The highest BCUT2D eigenvalue weighted by Crippen LogP contribution is 2.30. The fourth-order valence-corrected chi connectivity index (χ4v) is 5.20. The van der Waals surface area contributed by atoms with Crippen LogP contribution in [0.3, 0.4) is 0 Å². The van der Waals surface area contributed by atoms with E-state index in [4.69, 9.17) is 4.74 Å². The molecule has 0 saturated heterocycles. The van der Waals surface area contributed by atoms with Crippen molar-refractivity contribution in [1.82, 2.24) is 0 Å². The van der Waals surface area contributed by atoms with Crippen molar-refractivity contribution in [3.63, 3.8) is 0 Å². The molecular formula is C30H52O7. The molecule has 0 radical (unpaired) electrons. The van der Waals surface area contributed by atoms with Crippen LogP contribution in [0.15, 0.2) is 36.0 Å². The molecule has 0 bridgehead atoms. The molecule has 0 aliphatic carbocycles. The van der Waals surface area contributed by atoms with Gasteiger partial charge in [0.1, 0.15) is 11.7 Å². The minimum Gasteiger partial charge on any atom is -0.459 e. The van der Waals surface area contributed by atoms with E-state index in [1.807, 2.05) is 20.8 Å². The number of hydrogen-bond acceptors (Lipinski definition) is 7. The number of allylic oxidation sites excluding steroid dienone is 4. The molecule has 1 rings (SSSR count). The summed E-state index contributed by atoms with van der Waals surface area (Å²) < 4.78 is 5.82. The molecule has 1 aliphatic heterocycles. The van der Waals surface area contributed by atoms with Crippen molar-refractivity contribution < 1.29 is 35.1 Å². The fraction of sp³-hybridized carbons (Fsp3) is 0.767. The summed E-state index contributed by atoms with van der Waals surface area (Å²) in [5.41, 5.74) is -0.702. The van der Waals surface area contributed by atoms with Crippen LogP contribution < -0.4 is 0 Å². The van der Waals surface area contributed by atoms with E-state index in [0.29, 0.717) is 25.7 Å². The number of cyclic esters (lactones) is 1. The van der Waals surface area contributed by atoms with Gasteiger partial charge in [-0.1, -0.05) is 57.6 Å². The molecule has 0 aromatic heterocycles. The third-order valence-electron chi connectivity index (χ3n) is 7.55. The Bertz CT molecular complexity index is 757. The zero-order chi connectivity index (χ0) is 28.2. The average Bonchev–Trinajstić information content (AvgIpc) is 2.81. The molecule has 37 heavy (non-hydrogen) atoms. The van der Waals surface area contributed by atoms with E-state index in [2.05, 4.69) is 19.9 Å². The summed E-state index contributed by atoms with van der Waals surface area (Å²) in [6.07, 6.45) is 8.66. The highest BCUT2D eigenvalue weighted by atomic mass is 16.5. The van der Waals surface area contributed by atoms with Crippen molar-refractivity contribution in [2.75, 3.05) is 0 Å². The summed E-state index contributed by atoms with van der Waals surface area (Å²) in [5.74, 6) is -0.435. The largest absolute Gasteiger partial charge is 0.459 e. The molecule has 0 aromatic rings. The van der Waals surface area contributed by atoms with Gasteiger partial charge in [-0.25, -0.2) is 4.79 Å². The van der Waals surface area contributed by atoms with Gasteiger partial charge in [0, 0.05) is 12.5 Å². The van der Waals surface area contributed by atoms with Gasteiger partial charge in [-0.2, -0.15) is 0 Å². The quantitative estimate of drug-likeness (QED) is 0.269. The molecule has 0 aromatic carbocycles. The van der Waals surface area contributed by atoms with Crippen molar-refractivity contribution in [2.45, 2.75) is 129 Å². The first-order valence-corrected chi connectivity index (χ1v) is 13.9. The summed E-state index contributed by atoms with van der Waals surface area (Å²) in [6, 6.07) is 0. The van der Waals surface area contributed by atoms with Gasteiger partial charge in [0.25, 0.3) is 0 Å². The predicted molar refractivity (Wildman–Crippen MR) is 147 cm³/mol. The van der Waals surface area contributed by atoms with Crippen LogP contribution in [0, 0.1) is 17.8 Å². The Balaban J connectivity index is 3.12. The molecule has 7 heteroatoms. The van der Waals surface area contributed by atoms with Crippen molar-refractivity contribution in [2.24, 2.45) is 17.8 Å². The topological polar surface area (TPSA) is 127 Å². The summed E-state index contributed by atoms with van der Waals surface area (Å²) >= 11 is 0. The minimum atomic E-state index is -1.77. The van der Waals surface area contributed by atoms with E-state index in [-0.39, 0.29) is 42.8 Å². The molecule has 1 heterocycles. The van der Waals surface area contributed by atoms with Crippen LogP contribution in [0.5, 0.6) is 0 Å². The SMILES string of the molecule is CC[C@H](O)CCC[C@@H]1OC(=O)/C=C\C=C/C[C@H](O)C[C@@H](O)[C@](C)(O)[C@H](O)[C@H](C)C/C(C)=C\[C@H](C)C[C@H]1C. The van der Waals surface area contributed by atoms with E-state index >= 15 is 0 Å². The lowest BCUT2D eigenvalue weighted by atomic mass is 9.80. The summed E-state index contributed by atoms with van der Waals surface area (Å²) in [5, 5.41) is 52.5. The zero-order valence-corrected chi connectivity index (χ0v) is 23.7. The fourth-order valence-electron chi connectivity index (χ4n) is 5.20. The first-order chi connectivity index (χ1) is 17.3. The van der Waals surface area contributed by atoms with Gasteiger partial charge in [-0.3, -0.25) is 0 Å². The second-order valence-electron chi connectivity index (χ2n) is 11.5. The Morgan fingerprint density at radius 1 is 1.11 bits per heavy atom. The van der Waals surface area contributed by atoms with Crippen LogP contribution in [-0.4, -0.2) is 67.6 Å². The Hall–Kier alpha value is -1.51. The number of aliphatic hydroxyl groups is 5. The maximum atomic E-state index is 12.5. The molecule has 5 N–H and O–H groups in total. The number of carbonyl (C=O) groups excluding carboxylic acids is 1. The lowest BCUT2D eigenvalue weighted by Gasteiger charge is -2.37. The number of esters is 1. The van der Waals surface area contributed by atoms with Crippen LogP contribution in [0.4, 0.5) is 0 Å². The van der Waals surface area contributed by atoms with Crippen LogP contribution in [0.2, 0.25) is 0 Å². The Kier molecular flexibility index (Phi) is 14.9. The highest BCUT2D eigenvalue weighted by molar-refractivity contribution is 5.82. The van der Waals surface area contributed by atoms with Crippen molar-refractivity contribution >= 4 is 5.97 Å². The monoisotopic (exact) mass is 524 g/mol. The first kappa shape index (κ1) is 33.5. The Morgan fingerprint density at radius 3 is 2.43 bits per heavy atom. The second kappa shape index (κ2) is 16.5.